The lowest BCUT2D eigenvalue weighted by atomic mass is 9.94. The van der Waals surface area contributed by atoms with Crippen molar-refractivity contribution in [2.45, 2.75) is 25.8 Å². The lowest BCUT2D eigenvalue weighted by molar-refractivity contribution is -0.130. The third kappa shape index (κ3) is 1.52. The second-order valence-corrected chi connectivity index (χ2v) is 4.05. The lowest BCUT2D eigenvalue weighted by Crippen LogP contribution is -2.24. The van der Waals surface area contributed by atoms with Crippen LogP contribution in [0.15, 0.2) is 24.3 Å². The Morgan fingerprint density at radius 2 is 2.07 bits per heavy atom. The van der Waals surface area contributed by atoms with Crippen molar-refractivity contribution in [2.75, 3.05) is 7.05 Å². The van der Waals surface area contributed by atoms with Crippen LogP contribution in [0.25, 0.3) is 0 Å². The Morgan fingerprint density at radius 3 is 2.86 bits per heavy atom. The number of fused-ring (bicyclic) bond motifs is 1. The molecule has 0 bridgehead atoms. The fourth-order valence-corrected chi connectivity index (χ4v) is 2.03. The van der Waals surface area contributed by atoms with Crippen LogP contribution < -0.4 is 0 Å². The summed E-state index contributed by atoms with van der Waals surface area (Å²) in [5.74, 6) is 0.595. The molecule has 14 heavy (non-hydrogen) atoms. The highest BCUT2D eigenvalue weighted by Crippen LogP contribution is 2.27. The van der Waals surface area contributed by atoms with Gasteiger partial charge in [0.25, 0.3) is 0 Å². The van der Waals surface area contributed by atoms with Crippen molar-refractivity contribution in [3.8, 4) is 0 Å². The minimum absolute atomic E-state index is 0.244. The fourth-order valence-electron chi connectivity index (χ4n) is 2.03. The van der Waals surface area contributed by atoms with E-state index >= 15 is 0 Å². The van der Waals surface area contributed by atoms with Crippen molar-refractivity contribution in [3.63, 3.8) is 0 Å². The smallest absolute Gasteiger partial charge is 0.223 e. The number of rotatable bonds is 0. The lowest BCUT2D eigenvalue weighted by Gasteiger charge is -2.13. The molecule has 1 aromatic rings. The van der Waals surface area contributed by atoms with E-state index in [1.807, 2.05) is 24.1 Å². The molecule has 0 saturated heterocycles. The largest absolute Gasteiger partial charge is 0.341 e. The summed E-state index contributed by atoms with van der Waals surface area (Å²) in [7, 11) is 1.87. The molecule has 1 aliphatic heterocycles. The summed E-state index contributed by atoms with van der Waals surface area (Å²) in [5.41, 5.74) is 2.61. The van der Waals surface area contributed by atoms with Crippen LogP contribution in [0, 0.1) is 0 Å². The molecule has 0 spiro atoms. The molecule has 0 N–H and O–H groups in total. The van der Waals surface area contributed by atoms with E-state index in [9.17, 15) is 4.79 Å². The van der Waals surface area contributed by atoms with Crippen molar-refractivity contribution in [3.05, 3.63) is 35.4 Å². The zero-order chi connectivity index (χ0) is 10.1. The first kappa shape index (κ1) is 9.25. The molecule has 2 rings (SSSR count). The van der Waals surface area contributed by atoms with Gasteiger partial charge < -0.3 is 4.90 Å². The van der Waals surface area contributed by atoms with Crippen LogP contribution >= 0.6 is 0 Å². The molecular formula is C12H15NO. The Bertz CT molecular complexity index is 359. The summed E-state index contributed by atoms with van der Waals surface area (Å²) < 4.78 is 0. The molecule has 1 heterocycles. The molecule has 2 heteroatoms. The van der Waals surface area contributed by atoms with E-state index < -0.39 is 0 Å². The maximum absolute atomic E-state index is 11.6. The van der Waals surface area contributed by atoms with Crippen LogP contribution in [0.2, 0.25) is 0 Å². The van der Waals surface area contributed by atoms with Gasteiger partial charge in [0.15, 0.2) is 0 Å². The Hall–Kier alpha value is -1.31. The second-order valence-electron chi connectivity index (χ2n) is 4.05. The maximum atomic E-state index is 11.6. The van der Waals surface area contributed by atoms with E-state index in [4.69, 9.17) is 0 Å². The fraction of sp³-hybridized carbons (Fsp3) is 0.417. The van der Waals surface area contributed by atoms with E-state index in [0.29, 0.717) is 12.3 Å². The summed E-state index contributed by atoms with van der Waals surface area (Å²) in [6.07, 6.45) is 0.632. The zero-order valence-electron chi connectivity index (χ0n) is 8.66. The van der Waals surface area contributed by atoms with E-state index in [1.54, 1.807) is 0 Å². The van der Waals surface area contributed by atoms with Gasteiger partial charge in [0, 0.05) is 20.0 Å². The van der Waals surface area contributed by atoms with Crippen molar-refractivity contribution in [1.29, 1.82) is 0 Å². The Morgan fingerprint density at radius 1 is 1.36 bits per heavy atom. The summed E-state index contributed by atoms with van der Waals surface area (Å²) in [5, 5.41) is 0. The molecule has 0 radical (unpaired) electrons. The van der Waals surface area contributed by atoms with Gasteiger partial charge in [-0.3, -0.25) is 4.79 Å². The molecule has 1 aliphatic rings. The van der Waals surface area contributed by atoms with Crippen molar-refractivity contribution >= 4 is 5.91 Å². The summed E-state index contributed by atoms with van der Waals surface area (Å²) in [6.45, 7) is 2.87. The van der Waals surface area contributed by atoms with E-state index in [1.165, 1.54) is 11.1 Å². The minimum atomic E-state index is 0.244. The average Bonchev–Trinajstić information content (AvgIpc) is 2.27. The molecule has 1 unspecified atom stereocenters. The predicted molar refractivity (Wildman–Crippen MR) is 55.9 cm³/mol. The first-order valence-corrected chi connectivity index (χ1v) is 5.00. The zero-order valence-corrected chi connectivity index (χ0v) is 8.66. The highest BCUT2D eigenvalue weighted by molar-refractivity contribution is 5.77. The van der Waals surface area contributed by atoms with Gasteiger partial charge in [-0.15, -0.1) is 0 Å². The molecule has 1 aromatic carbocycles. The predicted octanol–water partition coefficient (Wildman–Crippen LogP) is 2.15. The standard InChI is InChI=1S/C12H15NO/c1-9-7-12(14)13(2)8-10-5-3-4-6-11(9)10/h3-6,9H,7-8H2,1-2H3. The number of carbonyl (C=O) groups excluding carboxylic acids is 1. The number of nitrogens with zero attached hydrogens (tertiary/aromatic N) is 1. The van der Waals surface area contributed by atoms with Crippen LogP contribution in [-0.4, -0.2) is 17.9 Å². The van der Waals surface area contributed by atoms with Gasteiger partial charge in [-0.25, -0.2) is 0 Å². The van der Waals surface area contributed by atoms with Crippen molar-refractivity contribution in [1.82, 2.24) is 4.90 Å². The van der Waals surface area contributed by atoms with Gasteiger partial charge >= 0.3 is 0 Å². The minimum Gasteiger partial charge on any atom is -0.341 e. The SMILES string of the molecule is CC1CC(=O)N(C)Cc2ccccc21. The summed E-state index contributed by atoms with van der Waals surface area (Å²) in [6, 6.07) is 8.33. The third-order valence-electron chi connectivity index (χ3n) is 2.90. The molecule has 0 aliphatic carbocycles. The topological polar surface area (TPSA) is 20.3 Å². The van der Waals surface area contributed by atoms with Crippen LogP contribution in [0.5, 0.6) is 0 Å². The van der Waals surface area contributed by atoms with E-state index in [2.05, 4.69) is 19.1 Å². The third-order valence-corrected chi connectivity index (χ3v) is 2.90. The van der Waals surface area contributed by atoms with Crippen LogP contribution in [-0.2, 0) is 11.3 Å². The van der Waals surface area contributed by atoms with Gasteiger partial charge in [0.1, 0.15) is 0 Å². The Labute approximate surface area is 84.5 Å². The normalized spacial score (nSPS) is 21.7. The Kier molecular flexibility index (Phi) is 2.28. The van der Waals surface area contributed by atoms with Gasteiger partial charge in [-0.05, 0) is 17.0 Å². The highest BCUT2D eigenvalue weighted by atomic mass is 16.2. The number of benzene rings is 1. The summed E-state index contributed by atoms with van der Waals surface area (Å²) >= 11 is 0. The van der Waals surface area contributed by atoms with Crippen LogP contribution in [0.3, 0.4) is 0 Å². The van der Waals surface area contributed by atoms with Crippen LogP contribution in [0.4, 0.5) is 0 Å². The monoisotopic (exact) mass is 189 g/mol. The molecule has 1 atom stereocenters. The van der Waals surface area contributed by atoms with Gasteiger partial charge in [0.05, 0.1) is 0 Å². The molecule has 2 nitrogen and oxygen atoms in total. The number of carbonyl (C=O) groups is 1. The molecule has 0 aromatic heterocycles. The number of hydrogen-bond donors (Lipinski definition) is 0. The molecule has 0 saturated carbocycles. The van der Waals surface area contributed by atoms with Crippen molar-refractivity contribution < 1.29 is 4.79 Å². The van der Waals surface area contributed by atoms with Gasteiger partial charge in [-0.1, -0.05) is 31.2 Å². The second kappa shape index (κ2) is 3.45. The first-order chi connectivity index (χ1) is 6.68. The number of amides is 1. The molecular weight excluding hydrogens is 174 g/mol. The first-order valence-electron chi connectivity index (χ1n) is 5.00. The summed E-state index contributed by atoms with van der Waals surface area (Å²) in [4.78, 5) is 13.4. The maximum Gasteiger partial charge on any atom is 0.223 e. The molecule has 1 amide bonds. The quantitative estimate of drug-likeness (QED) is 0.612. The molecule has 0 fully saturated rings. The molecule has 74 valence electrons. The van der Waals surface area contributed by atoms with Crippen LogP contribution in [0.1, 0.15) is 30.4 Å². The van der Waals surface area contributed by atoms with Gasteiger partial charge in [0.2, 0.25) is 5.91 Å². The van der Waals surface area contributed by atoms with Gasteiger partial charge in [-0.2, -0.15) is 0 Å². The van der Waals surface area contributed by atoms with E-state index in [0.717, 1.165) is 6.54 Å². The number of hydrogen-bond acceptors (Lipinski definition) is 1. The highest BCUT2D eigenvalue weighted by Gasteiger charge is 2.21. The average molecular weight is 189 g/mol. The van der Waals surface area contributed by atoms with Crippen molar-refractivity contribution in [2.24, 2.45) is 0 Å². The Balaban J connectivity index is 2.42. The van der Waals surface area contributed by atoms with E-state index in [-0.39, 0.29) is 5.91 Å².